The molecule has 1 fully saturated rings. The third-order valence-corrected chi connectivity index (χ3v) is 7.78. The van der Waals surface area contributed by atoms with Crippen LogP contribution in [0.3, 0.4) is 0 Å². The Morgan fingerprint density at radius 3 is 2.50 bits per heavy atom. The number of carboxylic acid groups (broad SMARTS) is 1. The molecule has 0 bridgehead atoms. The maximum atomic E-state index is 12.4. The zero-order valence-electron chi connectivity index (χ0n) is 22.5. The SMILES string of the molecule is COc1ccccc1SC[C@@H]1C[C@H](c2ccc(CO)cc2)O[C@H](c2cccc(NC(=O)CCCCC(=O)O)c2)O1. The van der Waals surface area contributed by atoms with Gasteiger partial charge in [-0.25, -0.2) is 0 Å². The summed E-state index contributed by atoms with van der Waals surface area (Å²) in [5.41, 5.74) is 3.25. The normalized spacial score (nSPS) is 18.7. The van der Waals surface area contributed by atoms with Crippen LogP contribution in [0.2, 0.25) is 0 Å². The predicted octanol–water partition coefficient (Wildman–Crippen LogP) is 6.11. The van der Waals surface area contributed by atoms with E-state index in [2.05, 4.69) is 5.32 Å². The summed E-state index contributed by atoms with van der Waals surface area (Å²) in [6, 6.07) is 23.1. The fourth-order valence-electron chi connectivity index (χ4n) is 4.49. The molecule has 3 atom stereocenters. The van der Waals surface area contributed by atoms with Crippen molar-refractivity contribution >= 4 is 29.3 Å². The van der Waals surface area contributed by atoms with E-state index in [1.165, 1.54) is 0 Å². The monoisotopic (exact) mass is 565 g/mol. The molecule has 40 heavy (non-hydrogen) atoms. The van der Waals surface area contributed by atoms with Gasteiger partial charge >= 0.3 is 5.97 Å². The lowest BCUT2D eigenvalue weighted by Crippen LogP contribution is -2.31. The number of para-hydroxylation sites is 1. The van der Waals surface area contributed by atoms with Crippen molar-refractivity contribution in [2.45, 2.75) is 62.1 Å². The van der Waals surface area contributed by atoms with Gasteiger partial charge in [0.25, 0.3) is 0 Å². The number of hydrogen-bond donors (Lipinski definition) is 3. The lowest BCUT2D eigenvalue weighted by Gasteiger charge is -2.36. The van der Waals surface area contributed by atoms with Crippen molar-refractivity contribution < 1.29 is 34.0 Å². The van der Waals surface area contributed by atoms with Gasteiger partial charge in [0, 0.05) is 41.2 Å². The Kier molecular flexibility index (Phi) is 11.0. The third kappa shape index (κ3) is 8.56. The fraction of sp³-hybridized carbons (Fsp3) is 0.355. The number of thioether (sulfide) groups is 1. The number of rotatable bonds is 13. The molecule has 212 valence electrons. The summed E-state index contributed by atoms with van der Waals surface area (Å²) in [5.74, 6) is 0.487. The molecule has 3 N–H and O–H groups in total. The maximum absolute atomic E-state index is 12.4. The highest BCUT2D eigenvalue weighted by Gasteiger charge is 2.32. The van der Waals surface area contributed by atoms with Crippen molar-refractivity contribution in [1.29, 1.82) is 0 Å². The van der Waals surface area contributed by atoms with Gasteiger partial charge in [-0.05, 0) is 48.2 Å². The number of ether oxygens (including phenoxy) is 3. The number of unbranched alkanes of at least 4 members (excludes halogenated alkanes) is 1. The molecule has 3 aromatic rings. The minimum Gasteiger partial charge on any atom is -0.496 e. The number of carbonyl (C=O) groups is 2. The van der Waals surface area contributed by atoms with E-state index in [1.807, 2.05) is 72.8 Å². The van der Waals surface area contributed by atoms with Crippen LogP contribution in [-0.4, -0.2) is 41.1 Å². The van der Waals surface area contributed by atoms with Crippen LogP contribution >= 0.6 is 11.8 Å². The summed E-state index contributed by atoms with van der Waals surface area (Å²) in [6.45, 7) is -0.0201. The fourth-order valence-corrected chi connectivity index (χ4v) is 5.54. The average Bonchev–Trinajstić information content (AvgIpc) is 2.98. The average molecular weight is 566 g/mol. The number of carboxylic acids is 1. The van der Waals surface area contributed by atoms with Gasteiger partial charge in [0.1, 0.15) is 5.75 Å². The first-order valence-corrected chi connectivity index (χ1v) is 14.3. The number of aliphatic hydroxyl groups is 1. The smallest absolute Gasteiger partial charge is 0.303 e. The lowest BCUT2D eigenvalue weighted by molar-refractivity contribution is -0.245. The minimum atomic E-state index is -0.858. The van der Waals surface area contributed by atoms with E-state index >= 15 is 0 Å². The van der Waals surface area contributed by atoms with E-state index in [0.29, 0.717) is 30.7 Å². The minimum absolute atomic E-state index is 0.0201. The van der Waals surface area contributed by atoms with Gasteiger partial charge in [-0.2, -0.15) is 0 Å². The molecular weight excluding hydrogens is 530 g/mol. The van der Waals surface area contributed by atoms with Crippen LogP contribution in [0.25, 0.3) is 0 Å². The zero-order chi connectivity index (χ0) is 28.3. The molecule has 0 saturated carbocycles. The van der Waals surface area contributed by atoms with Crippen molar-refractivity contribution in [2.75, 3.05) is 18.2 Å². The van der Waals surface area contributed by atoms with E-state index in [1.54, 1.807) is 18.9 Å². The van der Waals surface area contributed by atoms with Crippen molar-refractivity contribution in [2.24, 2.45) is 0 Å². The van der Waals surface area contributed by atoms with Gasteiger partial charge in [0.05, 0.1) is 25.9 Å². The first kappa shape index (κ1) is 29.6. The molecule has 3 aromatic carbocycles. The van der Waals surface area contributed by atoms with Crippen molar-refractivity contribution in [3.05, 3.63) is 89.5 Å². The molecule has 0 radical (unpaired) electrons. The van der Waals surface area contributed by atoms with Crippen LogP contribution in [0.4, 0.5) is 5.69 Å². The van der Waals surface area contributed by atoms with E-state index in [9.17, 15) is 14.7 Å². The third-order valence-electron chi connectivity index (χ3n) is 6.60. The van der Waals surface area contributed by atoms with Gasteiger partial charge < -0.3 is 29.7 Å². The summed E-state index contributed by atoms with van der Waals surface area (Å²) in [7, 11) is 1.66. The zero-order valence-corrected chi connectivity index (χ0v) is 23.3. The van der Waals surface area contributed by atoms with Crippen molar-refractivity contribution in [1.82, 2.24) is 0 Å². The second kappa shape index (κ2) is 14.9. The predicted molar refractivity (Wildman–Crippen MR) is 153 cm³/mol. The number of aliphatic carboxylic acids is 1. The standard InChI is InChI=1S/C31H35NO7S/c1-37-26-9-2-3-10-28(26)40-20-25-18-27(22-15-13-21(19-33)14-16-22)39-31(38-25)23-7-6-8-24(17-23)32-29(34)11-4-5-12-30(35)36/h2-3,6-10,13-17,25,27,31,33H,4-5,11-12,18-20H2,1H3,(H,32,34)(H,35,36)/t25-,27+,31+/m0/s1. The van der Waals surface area contributed by atoms with Crippen molar-refractivity contribution in [3.8, 4) is 5.75 Å². The Labute approximate surface area is 238 Å². The molecule has 0 spiro atoms. The van der Waals surface area contributed by atoms with Crippen LogP contribution in [-0.2, 0) is 25.7 Å². The van der Waals surface area contributed by atoms with Crippen LogP contribution in [0.1, 0.15) is 61.2 Å². The summed E-state index contributed by atoms with van der Waals surface area (Å²) in [4.78, 5) is 24.1. The molecule has 1 aliphatic heterocycles. The van der Waals surface area contributed by atoms with Gasteiger partial charge in [-0.1, -0.05) is 48.5 Å². The number of anilines is 1. The van der Waals surface area contributed by atoms with E-state index in [4.69, 9.17) is 19.3 Å². The molecule has 1 amide bonds. The highest BCUT2D eigenvalue weighted by molar-refractivity contribution is 7.99. The number of hydrogen-bond acceptors (Lipinski definition) is 7. The van der Waals surface area contributed by atoms with E-state index in [0.717, 1.165) is 27.3 Å². The largest absolute Gasteiger partial charge is 0.496 e. The molecule has 9 heteroatoms. The summed E-state index contributed by atoms with van der Waals surface area (Å²) < 4.78 is 18.4. The summed E-state index contributed by atoms with van der Waals surface area (Å²) in [6.07, 6.45) is 0.944. The summed E-state index contributed by atoms with van der Waals surface area (Å²) in [5, 5.41) is 21.1. The molecule has 0 unspecified atom stereocenters. The first-order valence-electron chi connectivity index (χ1n) is 13.3. The topological polar surface area (TPSA) is 114 Å². The van der Waals surface area contributed by atoms with Crippen LogP contribution in [0.15, 0.2) is 77.7 Å². The van der Waals surface area contributed by atoms with Crippen LogP contribution in [0, 0.1) is 0 Å². The molecule has 1 aliphatic rings. The molecule has 0 aromatic heterocycles. The quantitative estimate of drug-likeness (QED) is 0.168. The second-order valence-corrected chi connectivity index (χ2v) is 10.6. The Hall–Kier alpha value is -3.37. The Bertz CT molecular complexity index is 1270. The number of methoxy groups -OCH3 is 1. The first-order chi connectivity index (χ1) is 19.4. The van der Waals surface area contributed by atoms with Gasteiger partial charge in [-0.3, -0.25) is 9.59 Å². The van der Waals surface area contributed by atoms with Gasteiger partial charge in [0.15, 0.2) is 6.29 Å². The maximum Gasteiger partial charge on any atom is 0.303 e. The number of aliphatic hydroxyl groups excluding tert-OH is 1. The highest BCUT2D eigenvalue weighted by Crippen LogP contribution is 2.40. The molecule has 8 nitrogen and oxygen atoms in total. The van der Waals surface area contributed by atoms with Gasteiger partial charge in [0.2, 0.25) is 5.91 Å². The molecule has 4 rings (SSSR count). The van der Waals surface area contributed by atoms with E-state index in [-0.39, 0.29) is 37.6 Å². The number of amides is 1. The Balaban J connectivity index is 1.47. The second-order valence-electron chi connectivity index (χ2n) is 9.59. The number of carbonyl (C=O) groups excluding carboxylic acids is 1. The Morgan fingerprint density at radius 2 is 1.75 bits per heavy atom. The molecular formula is C31H35NO7S. The molecule has 1 heterocycles. The lowest BCUT2D eigenvalue weighted by atomic mass is 10.0. The molecule has 1 saturated heterocycles. The van der Waals surface area contributed by atoms with Crippen molar-refractivity contribution in [3.63, 3.8) is 0 Å². The van der Waals surface area contributed by atoms with Crippen LogP contribution < -0.4 is 10.1 Å². The molecule has 0 aliphatic carbocycles. The highest BCUT2D eigenvalue weighted by atomic mass is 32.2. The van der Waals surface area contributed by atoms with Crippen LogP contribution in [0.5, 0.6) is 5.75 Å². The number of benzene rings is 3. The number of nitrogens with one attached hydrogen (secondary N) is 1. The van der Waals surface area contributed by atoms with Gasteiger partial charge in [-0.15, -0.1) is 11.8 Å². The summed E-state index contributed by atoms with van der Waals surface area (Å²) >= 11 is 1.67. The van der Waals surface area contributed by atoms with E-state index < -0.39 is 12.3 Å². The Morgan fingerprint density at radius 1 is 0.975 bits per heavy atom.